The van der Waals surface area contributed by atoms with Gasteiger partial charge in [-0.3, -0.25) is 0 Å². The number of hydrogen-bond donors (Lipinski definition) is 1. The van der Waals surface area contributed by atoms with Gasteiger partial charge >= 0.3 is 0 Å². The van der Waals surface area contributed by atoms with E-state index in [1.807, 2.05) is 67.0 Å². The Morgan fingerprint density at radius 2 is 1.76 bits per heavy atom. The fourth-order valence-electron chi connectivity index (χ4n) is 1.63. The van der Waals surface area contributed by atoms with Crippen LogP contribution in [0.5, 0.6) is 0 Å². The number of rotatable bonds is 3. The van der Waals surface area contributed by atoms with Crippen molar-refractivity contribution in [1.82, 2.24) is 4.42 Å². The van der Waals surface area contributed by atoms with Crippen LogP contribution >= 0.6 is 23.5 Å². The summed E-state index contributed by atoms with van der Waals surface area (Å²) in [6.45, 7) is 0. The van der Waals surface area contributed by atoms with Crippen LogP contribution in [0.25, 0.3) is 0 Å². The van der Waals surface area contributed by atoms with E-state index in [0.29, 0.717) is 5.17 Å². The van der Waals surface area contributed by atoms with E-state index < -0.39 is 0 Å². The van der Waals surface area contributed by atoms with Gasteiger partial charge in [-0.2, -0.15) is 9.68 Å². The molecule has 0 saturated heterocycles. The number of thioether (sulfide) groups is 1. The summed E-state index contributed by atoms with van der Waals surface area (Å²) in [7, 11) is 0. The predicted molar refractivity (Wildman–Crippen MR) is 90.1 cm³/mol. The van der Waals surface area contributed by atoms with Crippen LogP contribution in [0.4, 0.5) is 17.1 Å². The standard InChI is InChI=1S/C15H13ClN4S/c1-21-15(20(16)11-17)19-14-9-7-13(8-10-14)18-12-5-3-2-4-6-12/h2-10,18H,1H3. The fraction of sp³-hybridized carbons (Fsp3) is 0.0667. The number of para-hydroxylation sites is 1. The molecule has 1 N–H and O–H groups in total. The van der Waals surface area contributed by atoms with Crippen LogP contribution in [0.1, 0.15) is 0 Å². The zero-order valence-corrected chi connectivity index (χ0v) is 12.9. The van der Waals surface area contributed by atoms with E-state index >= 15 is 0 Å². The van der Waals surface area contributed by atoms with Gasteiger partial charge in [0, 0.05) is 23.2 Å². The number of hydrogen-bond acceptors (Lipinski definition) is 4. The summed E-state index contributed by atoms with van der Waals surface area (Å²) in [5.41, 5.74) is 2.72. The number of aliphatic imine (C=N–C) groups is 1. The summed E-state index contributed by atoms with van der Waals surface area (Å²) < 4.78 is 0.917. The maximum absolute atomic E-state index is 8.76. The van der Waals surface area contributed by atoms with Crippen LogP contribution in [0, 0.1) is 11.5 Å². The molecule has 2 aromatic rings. The number of benzene rings is 2. The number of amidine groups is 1. The average Bonchev–Trinajstić information content (AvgIpc) is 2.54. The largest absolute Gasteiger partial charge is 0.356 e. The molecule has 0 unspecified atom stereocenters. The van der Waals surface area contributed by atoms with Gasteiger partial charge in [0.1, 0.15) is 0 Å². The third-order valence-electron chi connectivity index (χ3n) is 2.59. The summed E-state index contributed by atoms with van der Waals surface area (Å²) in [5, 5.41) is 12.5. The normalized spacial score (nSPS) is 10.8. The molecule has 0 heterocycles. The van der Waals surface area contributed by atoms with E-state index in [-0.39, 0.29) is 0 Å². The lowest BCUT2D eigenvalue weighted by atomic mass is 10.2. The number of nitrogens with zero attached hydrogens (tertiary/aromatic N) is 3. The Morgan fingerprint density at radius 3 is 2.33 bits per heavy atom. The lowest BCUT2D eigenvalue weighted by Gasteiger charge is -2.08. The van der Waals surface area contributed by atoms with Gasteiger partial charge in [-0.15, -0.1) is 0 Å². The molecule has 6 heteroatoms. The van der Waals surface area contributed by atoms with Gasteiger partial charge in [-0.25, -0.2) is 4.99 Å². The second kappa shape index (κ2) is 7.58. The van der Waals surface area contributed by atoms with E-state index in [1.54, 1.807) is 0 Å². The van der Waals surface area contributed by atoms with Crippen molar-refractivity contribution < 1.29 is 0 Å². The highest BCUT2D eigenvalue weighted by Crippen LogP contribution is 2.22. The molecule has 0 aromatic heterocycles. The minimum absolute atomic E-state index is 0.433. The second-order valence-electron chi connectivity index (χ2n) is 4.02. The highest BCUT2D eigenvalue weighted by atomic mass is 35.5. The molecule has 4 nitrogen and oxygen atoms in total. The Balaban J connectivity index is 2.12. The quantitative estimate of drug-likeness (QED) is 0.293. The molecule has 0 aliphatic rings. The first kappa shape index (κ1) is 15.2. The number of halogens is 1. The second-order valence-corrected chi connectivity index (χ2v) is 5.13. The maximum Gasteiger partial charge on any atom is 0.202 e. The molecule has 0 atom stereocenters. The van der Waals surface area contributed by atoms with Gasteiger partial charge in [-0.1, -0.05) is 30.0 Å². The van der Waals surface area contributed by atoms with E-state index in [0.717, 1.165) is 21.5 Å². The first-order valence-electron chi connectivity index (χ1n) is 6.13. The Morgan fingerprint density at radius 1 is 1.14 bits per heavy atom. The van der Waals surface area contributed by atoms with E-state index in [4.69, 9.17) is 17.0 Å². The topological polar surface area (TPSA) is 51.4 Å². The minimum atomic E-state index is 0.433. The van der Waals surface area contributed by atoms with Gasteiger partial charge < -0.3 is 5.32 Å². The third kappa shape index (κ3) is 4.42. The van der Waals surface area contributed by atoms with Gasteiger partial charge in [0.15, 0.2) is 5.17 Å². The molecule has 0 spiro atoms. The summed E-state index contributed by atoms with van der Waals surface area (Å²) >= 11 is 7.04. The number of nitriles is 1. The van der Waals surface area contributed by atoms with Crippen LogP contribution in [-0.4, -0.2) is 15.8 Å². The van der Waals surface area contributed by atoms with Crippen molar-refractivity contribution >= 4 is 45.8 Å². The number of nitrogens with one attached hydrogen (secondary N) is 1. The molecular weight excluding hydrogens is 304 g/mol. The molecule has 0 saturated carbocycles. The van der Waals surface area contributed by atoms with Gasteiger partial charge in [0.25, 0.3) is 0 Å². The van der Waals surface area contributed by atoms with E-state index in [2.05, 4.69) is 10.3 Å². The first-order chi connectivity index (χ1) is 10.2. The van der Waals surface area contributed by atoms with Gasteiger partial charge in [0.05, 0.1) is 5.69 Å². The molecule has 0 aliphatic carbocycles. The van der Waals surface area contributed by atoms with Gasteiger partial charge in [0.2, 0.25) is 6.19 Å². The van der Waals surface area contributed by atoms with Crippen LogP contribution in [0.3, 0.4) is 0 Å². The van der Waals surface area contributed by atoms with Crippen LogP contribution in [-0.2, 0) is 0 Å². The van der Waals surface area contributed by atoms with Gasteiger partial charge in [-0.05, 0) is 42.7 Å². The summed E-state index contributed by atoms with van der Waals surface area (Å²) in [5.74, 6) is 0. The maximum atomic E-state index is 8.76. The van der Waals surface area contributed by atoms with Crippen molar-refractivity contribution in [3.05, 3.63) is 54.6 Å². The molecule has 21 heavy (non-hydrogen) atoms. The Kier molecular flexibility index (Phi) is 5.50. The minimum Gasteiger partial charge on any atom is -0.356 e. The van der Waals surface area contributed by atoms with Crippen LogP contribution in [0.15, 0.2) is 59.6 Å². The molecule has 0 bridgehead atoms. The van der Waals surface area contributed by atoms with Crippen molar-refractivity contribution in [1.29, 1.82) is 5.26 Å². The van der Waals surface area contributed by atoms with Crippen LogP contribution in [0.2, 0.25) is 0 Å². The van der Waals surface area contributed by atoms with Crippen molar-refractivity contribution in [2.24, 2.45) is 4.99 Å². The zero-order chi connectivity index (χ0) is 15.1. The summed E-state index contributed by atoms with van der Waals surface area (Å²) in [6.07, 6.45) is 3.63. The van der Waals surface area contributed by atoms with Crippen molar-refractivity contribution in [3.8, 4) is 6.19 Å². The highest BCUT2D eigenvalue weighted by molar-refractivity contribution is 8.13. The molecule has 0 amide bonds. The lowest BCUT2D eigenvalue weighted by Crippen LogP contribution is -2.10. The van der Waals surface area contributed by atoms with Crippen molar-refractivity contribution in [2.45, 2.75) is 0 Å². The third-order valence-corrected chi connectivity index (χ3v) is 3.57. The van der Waals surface area contributed by atoms with Crippen molar-refractivity contribution in [2.75, 3.05) is 11.6 Å². The Bertz CT molecular complexity index is 650. The highest BCUT2D eigenvalue weighted by Gasteiger charge is 2.06. The average molecular weight is 317 g/mol. The number of anilines is 2. The zero-order valence-electron chi connectivity index (χ0n) is 11.3. The predicted octanol–water partition coefficient (Wildman–Crippen LogP) is 4.72. The molecule has 2 rings (SSSR count). The molecule has 0 fully saturated rings. The molecule has 2 aromatic carbocycles. The molecular formula is C15H13ClN4S. The van der Waals surface area contributed by atoms with Crippen LogP contribution < -0.4 is 5.32 Å². The Labute approximate surface area is 133 Å². The monoisotopic (exact) mass is 316 g/mol. The summed E-state index contributed by atoms with van der Waals surface area (Å²) in [6, 6.07) is 17.5. The first-order valence-corrected chi connectivity index (χ1v) is 7.69. The molecule has 0 aliphatic heterocycles. The Hall–Kier alpha value is -2.16. The fourth-order valence-corrected chi connectivity index (χ4v) is 2.27. The lowest BCUT2D eigenvalue weighted by molar-refractivity contribution is 0.947. The smallest absolute Gasteiger partial charge is 0.202 e. The SMILES string of the molecule is CSC(=Nc1ccc(Nc2ccccc2)cc1)N(Cl)C#N. The van der Waals surface area contributed by atoms with E-state index in [9.17, 15) is 0 Å². The van der Waals surface area contributed by atoms with E-state index in [1.165, 1.54) is 11.8 Å². The molecule has 0 radical (unpaired) electrons. The summed E-state index contributed by atoms with van der Waals surface area (Å²) in [4.78, 5) is 4.32. The van der Waals surface area contributed by atoms with Crippen molar-refractivity contribution in [3.63, 3.8) is 0 Å². The molecule has 106 valence electrons.